The second-order valence-electron chi connectivity index (χ2n) is 9.82. The molecule has 4 rings (SSSR count). The highest BCUT2D eigenvalue weighted by Crippen LogP contribution is 2.40. The summed E-state index contributed by atoms with van der Waals surface area (Å²) in [5, 5.41) is 0. The van der Waals surface area contributed by atoms with Crippen LogP contribution < -0.4 is 4.74 Å². The first-order chi connectivity index (χ1) is 18.2. The molecule has 1 saturated heterocycles. The third kappa shape index (κ3) is 7.36. The maximum atomic E-state index is 14.6. The lowest BCUT2D eigenvalue weighted by Gasteiger charge is -2.31. The first kappa shape index (κ1) is 28.1. The summed E-state index contributed by atoms with van der Waals surface area (Å²) in [6.45, 7) is 3.33. The Balaban J connectivity index is 1.25. The minimum absolute atomic E-state index is 0.0491. The Kier molecular flexibility index (Phi) is 9.45. The molecule has 1 aliphatic heterocycles. The van der Waals surface area contributed by atoms with Crippen LogP contribution >= 0.6 is 0 Å². The predicted molar refractivity (Wildman–Crippen MR) is 133 cm³/mol. The van der Waals surface area contributed by atoms with Gasteiger partial charge >= 0.3 is 6.11 Å². The lowest BCUT2D eigenvalue weighted by Crippen LogP contribution is -2.37. The van der Waals surface area contributed by atoms with Crippen LogP contribution in [0.25, 0.3) is 0 Å². The molecule has 204 valence electrons. The molecule has 0 spiro atoms. The molecule has 0 atom stereocenters. The van der Waals surface area contributed by atoms with E-state index >= 15 is 0 Å². The molecule has 2 aromatic rings. The standard InChI is InChI=1S/C30H31F5O3/c1-2-3-4-5-22-18-36-29(37-19-22)23-12-8-20(9-13-23)6-7-21-10-14-24(15-11-21)30(34,35)38-25-16-26(31)28(33)27(32)17-25/h2-3,8-9,12-13,16-17,21-22,24,29H,4-5,10-11,14-15,18-19H2,1H3/b3-2+. The monoisotopic (exact) mass is 534 g/mol. The van der Waals surface area contributed by atoms with E-state index in [9.17, 15) is 22.0 Å². The van der Waals surface area contributed by atoms with Gasteiger partial charge in [-0.2, -0.15) is 8.78 Å². The molecular weight excluding hydrogens is 503 g/mol. The Bertz CT molecular complexity index is 1130. The molecule has 0 radical (unpaired) electrons. The fourth-order valence-corrected chi connectivity index (χ4v) is 4.72. The van der Waals surface area contributed by atoms with Gasteiger partial charge in [0.1, 0.15) is 5.75 Å². The first-order valence-electron chi connectivity index (χ1n) is 12.9. The van der Waals surface area contributed by atoms with Gasteiger partial charge in [0.2, 0.25) is 0 Å². The van der Waals surface area contributed by atoms with Crippen molar-refractivity contribution in [3.8, 4) is 17.6 Å². The Morgan fingerprint density at radius 1 is 0.974 bits per heavy atom. The summed E-state index contributed by atoms with van der Waals surface area (Å²) in [6.07, 6.45) is 3.38. The SMILES string of the molecule is C/C=C/CCC1COC(c2ccc(C#CC3CCC(C(F)(F)Oc4cc(F)c(F)c(F)c4)CC3)cc2)OC1. The molecule has 0 amide bonds. The average Bonchev–Trinajstić information content (AvgIpc) is 2.91. The van der Waals surface area contributed by atoms with Gasteiger partial charge in [0, 0.05) is 35.1 Å². The van der Waals surface area contributed by atoms with E-state index in [1.54, 1.807) is 0 Å². The summed E-state index contributed by atoms with van der Waals surface area (Å²) < 4.78 is 85.3. The molecule has 1 aliphatic carbocycles. The van der Waals surface area contributed by atoms with Gasteiger partial charge < -0.3 is 14.2 Å². The second kappa shape index (κ2) is 12.8. The van der Waals surface area contributed by atoms with Crippen molar-refractivity contribution in [3.63, 3.8) is 0 Å². The van der Waals surface area contributed by atoms with Crippen LogP contribution in [0.3, 0.4) is 0 Å². The number of alkyl halides is 2. The molecule has 3 nitrogen and oxygen atoms in total. The van der Waals surface area contributed by atoms with Crippen LogP contribution in [0.4, 0.5) is 22.0 Å². The van der Waals surface area contributed by atoms with E-state index < -0.39 is 41.5 Å². The van der Waals surface area contributed by atoms with Gasteiger partial charge in [-0.3, -0.25) is 0 Å². The molecule has 1 saturated carbocycles. The smallest absolute Gasteiger partial charge is 0.400 e. The van der Waals surface area contributed by atoms with E-state index in [2.05, 4.69) is 22.7 Å². The maximum absolute atomic E-state index is 14.6. The summed E-state index contributed by atoms with van der Waals surface area (Å²) in [6, 6.07) is 8.47. The lowest BCUT2D eigenvalue weighted by molar-refractivity contribution is -0.223. The van der Waals surface area contributed by atoms with Crippen LogP contribution in [0.1, 0.15) is 62.9 Å². The Morgan fingerprint density at radius 3 is 2.21 bits per heavy atom. The van der Waals surface area contributed by atoms with Crippen molar-refractivity contribution >= 4 is 0 Å². The van der Waals surface area contributed by atoms with E-state index in [4.69, 9.17) is 9.47 Å². The fourth-order valence-electron chi connectivity index (χ4n) is 4.72. The summed E-state index contributed by atoms with van der Waals surface area (Å²) in [5.74, 6) is -0.135. The third-order valence-corrected chi connectivity index (χ3v) is 6.96. The number of rotatable bonds is 7. The average molecular weight is 535 g/mol. The van der Waals surface area contributed by atoms with Crippen LogP contribution in [0.15, 0.2) is 48.6 Å². The molecule has 1 heterocycles. The highest BCUT2D eigenvalue weighted by Gasteiger charge is 2.44. The van der Waals surface area contributed by atoms with Crippen LogP contribution in [-0.4, -0.2) is 19.3 Å². The second-order valence-corrected chi connectivity index (χ2v) is 9.82. The molecule has 8 heteroatoms. The van der Waals surface area contributed by atoms with Crippen molar-refractivity contribution in [1.82, 2.24) is 0 Å². The first-order valence-corrected chi connectivity index (χ1v) is 12.9. The maximum Gasteiger partial charge on any atom is 0.400 e. The van der Waals surface area contributed by atoms with E-state index in [0.29, 0.717) is 44.1 Å². The van der Waals surface area contributed by atoms with Gasteiger partial charge in [-0.15, -0.1) is 0 Å². The van der Waals surface area contributed by atoms with Crippen molar-refractivity contribution in [2.45, 2.75) is 57.8 Å². The Morgan fingerprint density at radius 2 is 1.61 bits per heavy atom. The summed E-state index contributed by atoms with van der Waals surface area (Å²) in [4.78, 5) is 0. The van der Waals surface area contributed by atoms with E-state index in [1.807, 2.05) is 37.3 Å². The number of hydrogen-bond donors (Lipinski definition) is 0. The normalized spacial score (nSPS) is 24.2. The van der Waals surface area contributed by atoms with Gasteiger partial charge in [0.05, 0.1) is 19.1 Å². The van der Waals surface area contributed by atoms with Crippen LogP contribution in [-0.2, 0) is 9.47 Å². The van der Waals surface area contributed by atoms with Gasteiger partial charge in [-0.05, 0) is 57.6 Å². The number of halogens is 5. The predicted octanol–water partition coefficient (Wildman–Crippen LogP) is 7.95. The summed E-state index contributed by atoms with van der Waals surface area (Å²) in [5.41, 5.74) is 1.73. The highest BCUT2D eigenvalue weighted by atomic mass is 19.3. The molecule has 38 heavy (non-hydrogen) atoms. The van der Waals surface area contributed by atoms with Crippen molar-refractivity contribution in [3.05, 3.63) is 77.1 Å². The fraction of sp³-hybridized carbons (Fsp3) is 0.467. The molecule has 0 bridgehead atoms. The number of allylic oxidation sites excluding steroid dienone is 2. The molecule has 2 fully saturated rings. The summed E-state index contributed by atoms with van der Waals surface area (Å²) >= 11 is 0. The largest absolute Gasteiger partial charge is 0.432 e. The lowest BCUT2D eigenvalue weighted by atomic mass is 9.81. The van der Waals surface area contributed by atoms with Crippen LogP contribution in [0.5, 0.6) is 5.75 Å². The van der Waals surface area contributed by atoms with E-state index in [1.165, 1.54) is 0 Å². The zero-order valence-corrected chi connectivity index (χ0v) is 21.2. The quantitative estimate of drug-likeness (QED) is 0.156. The van der Waals surface area contributed by atoms with Crippen molar-refractivity contribution < 1.29 is 36.2 Å². The number of benzene rings is 2. The van der Waals surface area contributed by atoms with Crippen molar-refractivity contribution in [2.24, 2.45) is 17.8 Å². The molecule has 0 unspecified atom stereocenters. The van der Waals surface area contributed by atoms with Gasteiger partial charge in [0.15, 0.2) is 23.7 Å². The zero-order valence-electron chi connectivity index (χ0n) is 21.2. The third-order valence-electron chi connectivity index (χ3n) is 6.96. The van der Waals surface area contributed by atoms with Crippen molar-refractivity contribution in [1.29, 1.82) is 0 Å². The van der Waals surface area contributed by atoms with Gasteiger partial charge in [0.25, 0.3) is 0 Å². The minimum Gasteiger partial charge on any atom is -0.432 e. The molecule has 0 aromatic heterocycles. The van der Waals surface area contributed by atoms with Crippen molar-refractivity contribution in [2.75, 3.05) is 13.2 Å². The Hall–Kier alpha value is -2.89. The molecule has 2 aliphatic rings. The highest BCUT2D eigenvalue weighted by molar-refractivity contribution is 5.37. The molecule has 0 N–H and O–H groups in total. The molecular formula is C30H31F5O3. The minimum atomic E-state index is -3.64. The number of hydrogen-bond acceptors (Lipinski definition) is 3. The van der Waals surface area contributed by atoms with E-state index in [-0.39, 0.29) is 18.8 Å². The van der Waals surface area contributed by atoms with Gasteiger partial charge in [-0.1, -0.05) is 36.1 Å². The van der Waals surface area contributed by atoms with E-state index in [0.717, 1.165) is 24.0 Å². The Labute approximate surface area is 220 Å². The van der Waals surface area contributed by atoms with Gasteiger partial charge in [-0.25, -0.2) is 13.2 Å². The number of ether oxygens (including phenoxy) is 3. The zero-order chi connectivity index (χ0) is 27.1. The topological polar surface area (TPSA) is 27.7 Å². The van der Waals surface area contributed by atoms with Crippen LogP contribution in [0.2, 0.25) is 0 Å². The summed E-state index contributed by atoms with van der Waals surface area (Å²) in [7, 11) is 0. The molecule has 2 aromatic carbocycles. The van der Waals surface area contributed by atoms with Crippen LogP contribution in [0, 0.1) is 47.0 Å².